The van der Waals surface area contributed by atoms with Gasteiger partial charge in [0.2, 0.25) is 11.8 Å². The van der Waals surface area contributed by atoms with Crippen LogP contribution in [0.5, 0.6) is 0 Å². The van der Waals surface area contributed by atoms with Crippen molar-refractivity contribution >= 4 is 11.8 Å². The van der Waals surface area contributed by atoms with Gasteiger partial charge in [0.15, 0.2) is 0 Å². The fourth-order valence-electron chi connectivity index (χ4n) is 3.39. The normalized spacial score (nSPS) is 29.4. The average molecular weight is 264 g/mol. The Morgan fingerprint density at radius 3 is 2.47 bits per heavy atom. The molecule has 0 aromatic heterocycles. The largest absolute Gasteiger partial charge is 0.353 e. The number of carbonyl (C=O) groups is 2. The maximum Gasteiger partial charge on any atom is 0.225 e. The average Bonchev–Trinajstić information content (AvgIpc) is 3.24. The number of carbonyl (C=O) groups excluding carboxylic acids is 2. The monoisotopic (exact) mass is 264 g/mol. The Kier molecular flexibility index (Phi) is 3.76. The molecule has 3 aliphatic rings. The molecule has 3 fully saturated rings. The van der Waals surface area contributed by atoms with Gasteiger partial charge in [-0.2, -0.15) is 0 Å². The van der Waals surface area contributed by atoms with E-state index in [1.54, 1.807) is 0 Å². The first-order valence-corrected chi connectivity index (χ1v) is 7.84. The van der Waals surface area contributed by atoms with E-state index < -0.39 is 0 Å². The van der Waals surface area contributed by atoms with Gasteiger partial charge in [0.25, 0.3) is 0 Å². The van der Waals surface area contributed by atoms with Crippen molar-refractivity contribution in [3.8, 4) is 0 Å². The molecule has 4 nitrogen and oxygen atoms in total. The van der Waals surface area contributed by atoms with Gasteiger partial charge in [0.05, 0.1) is 5.92 Å². The zero-order valence-corrected chi connectivity index (χ0v) is 11.6. The van der Waals surface area contributed by atoms with Gasteiger partial charge in [0.1, 0.15) is 0 Å². The van der Waals surface area contributed by atoms with Crippen molar-refractivity contribution in [1.82, 2.24) is 10.2 Å². The van der Waals surface area contributed by atoms with Crippen LogP contribution in [0.25, 0.3) is 0 Å². The molecule has 0 aromatic carbocycles. The third-order valence-electron chi connectivity index (χ3n) is 4.75. The highest BCUT2D eigenvalue weighted by Crippen LogP contribution is 2.32. The first-order valence-electron chi connectivity index (χ1n) is 7.84. The lowest BCUT2D eigenvalue weighted by Gasteiger charge is -2.33. The molecule has 19 heavy (non-hydrogen) atoms. The van der Waals surface area contributed by atoms with Crippen LogP contribution < -0.4 is 5.32 Å². The van der Waals surface area contributed by atoms with E-state index in [2.05, 4.69) is 5.32 Å². The molecule has 2 saturated carbocycles. The standard InChI is InChI=1S/C15H24N2O2/c18-14-9-6-11(10-17(14)13-7-8-13)15(19)16-12-4-2-1-3-5-12/h11-13H,1-10H2,(H,16,19)/t11-/m0/s1. The number of likely N-dealkylation sites (tertiary alicyclic amines) is 1. The second kappa shape index (κ2) is 5.51. The van der Waals surface area contributed by atoms with Crippen molar-refractivity contribution in [3.63, 3.8) is 0 Å². The van der Waals surface area contributed by atoms with E-state index in [4.69, 9.17) is 0 Å². The maximum absolute atomic E-state index is 12.3. The summed E-state index contributed by atoms with van der Waals surface area (Å²) in [6.45, 7) is 0.655. The smallest absolute Gasteiger partial charge is 0.225 e. The SMILES string of the molecule is O=C(NC1CCCCC1)[C@H]1CCC(=O)N(C2CC2)C1. The maximum atomic E-state index is 12.3. The quantitative estimate of drug-likeness (QED) is 0.845. The van der Waals surface area contributed by atoms with Gasteiger partial charge < -0.3 is 10.2 Å². The lowest BCUT2D eigenvalue weighted by molar-refractivity contribution is -0.139. The highest BCUT2D eigenvalue weighted by molar-refractivity contribution is 5.84. The molecule has 1 atom stereocenters. The predicted octanol–water partition coefficient (Wildman–Crippen LogP) is 1.84. The third-order valence-corrected chi connectivity index (χ3v) is 4.75. The Morgan fingerprint density at radius 1 is 1.05 bits per heavy atom. The third kappa shape index (κ3) is 3.10. The Bertz CT molecular complexity index is 359. The first-order chi connectivity index (χ1) is 9.24. The number of amides is 2. The minimum absolute atomic E-state index is 0.0280. The van der Waals surface area contributed by atoms with E-state index in [0.717, 1.165) is 32.1 Å². The van der Waals surface area contributed by atoms with Crippen LogP contribution in [0.1, 0.15) is 57.8 Å². The molecule has 106 valence electrons. The fourth-order valence-corrected chi connectivity index (χ4v) is 3.39. The van der Waals surface area contributed by atoms with Crippen molar-refractivity contribution in [2.75, 3.05) is 6.54 Å². The minimum Gasteiger partial charge on any atom is -0.353 e. The van der Waals surface area contributed by atoms with Crippen LogP contribution in [0, 0.1) is 5.92 Å². The molecule has 4 heteroatoms. The number of nitrogens with one attached hydrogen (secondary N) is 1. The molecular formula is C15H24N2O2. The summed E-state index contributed by atoms with van der Waals surface area (Å²) in [4.78, 5) is 26.1. The van der Waals surface area contributed by atoms with Crippen LogP contribution in [-0.4, -0.2) is 35.3 Å². The lowest BCUT2D eigenvalue weighted by Crippen LogP contribution is -2.48. The molecule has 2 aliphatic carbocycles. The summed E-state index contributed by atoms with van der Waals surface area (Å²) in [5.41, 5.74) is 0. The molecule has 0 unspecified atom stereocenters. The summed E-state index contributed by atoms with van der Waals surface area (Å²) in [6.07, 6.45) is 9.59. The van der Waals surface area contributed by atoms with Crippen molar-refractivity contribution in [2.45, 2.75) is 69.9 Å². The van der Waals surface area contributed by atoms with Crippen molar-refractivity contribution in [2.24, 2.45) is 5.92 Å². The molecule has 0 radical (unpaired) electrons. The summed E-state index contributed by atoms with van der Waals surface area (Å²) in [5, 5.41) is 3.21. The van der Waals surface area contributed by atoms with E-state index in [1.807, 2.05) is 4.90 Å². The second-order valence-electron chi connectivity index (χ2n) is 6.36. The zero-order chi connectivity index (χ0) is 13.2. The molecule has 1 heterocycles. The Balaban J connectivity index is 1.52. The van der Waals surface area contributed by atoms with Crippen LogP contribution >= 0.6 is 0 Å². The van der Waals surface area contributed by atoms with E-state index in [9.17, 15) is 9.59 Å². The van der Waals surface area contributed by atoms with Gasteiger partial charge in [-0.3, -0.25) is 9.59 Å². The Labute approximate surface area is 114 Å². The van der Waals surface area contributed by atoms with E-state index in [1.165, 1.54) is 19.3 Å². The van der Waals surface area contributed by atoms with Gasteiger partial charge in [0, 0.05) is 25.0 Å². The van der Waals surface area contributed by atoms with Gasteiger partial charge in [-0.15, -0.1) is 0 Å². The molecular weight excluding hydrogens is 240 g/mol. The van der Waals surface area contributed by atoms with E-state index >= 15 is 0 Å². The Hall–Kier alpha value is -1.06. The van der Waals surface area contributed by atoms with Crippen LogP contribution in [0.2, 0.25) is 0 Å². The fraction of sp³-hybridized carbons (Fsp3) is 0.867. The number of hydrogen-bond acceptors (Lipinski definition) is 2. The first kappa shape index (κ1) is 12.9. The molecule has 0 aromatic rings. The highest BCUT2D eigenvalue weighted by Gasteiger charge is 2.38. The molecule has 3 rings (SSSR count). The van der Waals surface area contributed by atoms with Crippen molar-refractivity contribution in [3.05, 3.63) is 0 Å². The van der Waals surface area contributed by atoms with E-state index in [0.29, 0.717) is 25.0 Å². The minimum atomic E-state index is 0.0280. The van der Waals surface area contributed by atoms with Gasteiger partial charge >= 0.3 is 0 Å². The predicted molar refractivity (Wildman–Crippen MR) is 72.5 cm³/mol. The topological polar surface area (TPSA) is 49.4 Å². The zero-order valence-electron chi connectivity index (χ0n) is 11.6. The van der Waals surface area contributed by atoms with Crippen molar-refractivity contribution < 1.29 is 9.59 Å². The number of nitrogens with zero attached hydrogens (tertiary/aromatic N) is 1. The number of hydrogen-bond donors (Lipinski definition) is 1. The molecule has 1 saturated heterocycles. The van der Waals surface area contributed by atoms with Gasteiger partial charge in [-0.1, -0.05) is 19.3 Å². The molecule has 1 aliphatic heterocycles. The highest BCUT2D eigenvalue weighted by atomic mass is 16.2. The molecule has 2 amide bonds. The van der Waals surface area contributed by atoms with Gasteiger partial charge in [-0.05, 0) is 32.1 Å². The molecule has 1 N–H and O–H groups in total. The van der Waals surface area contributed by atoms with Crippen molar-refractivity contribution in [1.29, 1.82) is 0 Å². The molecule has 0 spiro atoms. The van der Waals surface area contributed by atoms with Crippen LogP contribution in [0.3, 0.4) is 0 Å². The van der Waals surface area contributed by atoms with Crippen LogP contribution in [-0.2, 0) is 9.59 Å². The Morgan fingerprint density at radius 2 is 1.79 bits per heavy atom. The van der Waals surface area contributed by atoms with Crippen LogP contribution in [0.4, 0.5) is 0 Å². The summed E-state index contributed by atoms with van der Waals surface area (Å²) in [7, 11) is 0. The van der Waals surface area contributed by atoms with E-state index in [-0.39, 0.29) is 17.7 Å². The van der Waals surface area contributed by atoms with Crippen LogP contribution in [0.15, 0.2) is 0 Å². The second-order valence-corrected chi connectivity index (χ2v) is 6.36. The number of rotatable bonds is 3. The van der Waals surface area contributed by atoms with Gasteiger partial charge in [-0.25, -0.2) is 0 Å². The summed E-state index contributed by atoms with van der Waals surface area (Å²) >= 11 is 0. The summed E-state index contributed by atoms with van der Waals surface area (Å²) in [6, 6.07) is 0.825. The summed E-state index contributed by atoms with van der Waals surface area (Å²) in [5.74, 6) is 0.467. The lowest BCUT2D eigenvalue weighted by atomic mass is 9.92. The summed E-state index contributed by atoms with van der Waals surface area (Å²) < 4.78 is 0. The number of piperidine rings is 1. The molecule has 0 bridgehead atoms.